The summed E-state index contributed by atoms with van der Waals surface area (Å²) in [6, 6.07) is 0. The number of carboxylic acids is 1. The Balaban J connectivity index is 3.07. The highest BCUT2D eigenvalue weighted by Crippen LogP contribution is 2.09. The summed E-state index contributed by atoms with van der Waals surface area (Å²) in [4.78, 5) is 10.3. The molecule has 4 N–H and O–H groups in total. The molecule has 0 spiro atoms. The Morgan fingerprint density at radius 3 is 1.73 bits per heavy atom. The lowest BCUT2D eigenvalue weighted by atomic mass is 10.1. The number of hydrogen-bond donors (Lipinski definition) is 3. The minimum atomic E-state index is -0.671. The fourth-order valence-electron chi connectivity index (χ4n) is 2.50. The highest BCUT2D eigenvalue weighted by Gasteiger charge is 1.95. The summed E-state index contributed by atoms with van der Waals surface area (Å²) in [6.45, 7) is 0.933. The Morgan fingerprint density at radius 1 is 0.773 bits per heavy atom. The van der Waals surface area contributed by atoms with Crippen molar-refractivity contribution in [3.05, 3.63) is 12.2 Å². The van der Waals surface area contributed by atoms with Crippen molar-refractivity contribution in [3.8, 4) is 0 Å². The number of hydrazine groups is 1. The summed E-state index contributed by atoms with van der Waals surface area (Å²) in [5.41, 5.74) is 2.69. The molecule has 0 aromatic heterocycles. The van der Waals surface area contributed by atoms with E-state index in [1.165, 1.54) is 70.6 Å². The van der Waals surface area contributed by atoms with Gasteiger partial charge in [0.15, 0.2) is 0 Å². The first-order chi connectivity index (χ1) is 10.8. The van der Waals surface area contributed by atoms with Gasteiger partial charge in [-0.1, -0.05) is 57.1 Å². The van der Waals surface area contributed by atoms with E-state index in [1.807, 2.05) is 0 Å². The van der Waals surface area contributed by atoms with Crippen LogP contribution in [-0.2, 0) is 4.79 Å². The fourth-order valence-corrected chi connectivity index (χ4v) is 2.50. The highest BCUT2D eigenvalue weighted by molar-refractivity contribution is 5.66. The Bertz CT molecular complexity index is 268. The Labute approximate surface area is 136 Å². The number of hydrogen-bond acceptors (Lipinski definition) is 3. The van der Waals surface area contributed by atoms with Crippen molar-refractivity contribution in [2.75, 3.05) is 6.54 Å². The van der Waals surface area contributed by atoms with Crippen molar-refractivity contribution < 1.29 is 9.90 Å². The van der Waals surface area contributed by atoms with Crippen LogP contribution in [0.1, 0.15) is 89.9 Å². The van der Waals surface area contributed by atoms with Crippen LogP contribution in [0.2, 0.25) is 0 Å². The molecular formula is C18H36N2O2. The van der Waals surface area contributed by atoms with Crippen LogP contribution in [-0.4, -0.2) is 17.6 Å². The fraction of sp³-hybridized carbons (Fsp3) is 0.833. The van der Waals surface area contributed by atoms with Crippen LogP contribution < -0.4 is 11.3 Å². The maximum Gasteiger partial charge on any atom is 0.303 e. The molecule has 0 aliphatic heterocycles. The molecule has 0 atom stereocenters. The number of nitrogens with two attached hydrogens (primary N) is 1. The average molecular weight is 312 g/mol. The third kappa shape index (κ3) is 19.1. The first-order valence-electron chi connectivity index (χ1n) is 9.07. The lowest BCUT2D eigenvalue weighted by Gasteiger charge is -2.00. The van der Waals surface area contributed by atoms with E-state index in [0.29, 0.717) is 6.42 Å². The molecule has 0 aromatic rings. The van der Waals surface area contributed by atoms with E-state index in [2.05, 4.69) is 17.6 Å². The Hall–Kier alpha value is -0.870. The molecule has 22 heavy (non-hydrogen) atoms. The first kappa shape index (κ1) is 21.1. The molecule has 0 fully saturated rings. The SMILES string of the molecule is NNCCCCCCCC/C=C\CCCCCCCC(=O)O. The Kier molecular flexibility index (Phi) is 17.5. The third-order valence-corrected chi connectivity index (χ3v) is 3.87. The van der Waals surface area contributed by atoms with Gasteiger partial charge in [-0.2, -0.15) is 0 Å². The van der Waals surface area contributed by atoms with Gasteiger partial charge in [0, 0.05) is 13.0 Å². The van der Waals surface area contributed by atoms with E-state index in [9.17, 15) is 4.79 Å². The van der Waals surface area contributed by atoms with Crippen LogP contribution in [0.25, 0.3) is 0 Å². The topological polar surface area (TPSA) is 75.3 Å². The van der Waals surface area contributed by atoms with Gasteiger partial charge >= 0.3 is 5.97 Å². The number of carbonyl (C=O) groups is 1. The van der Waals surface area contributed by atoms with Gasteiger partial charge in [0.05, 0.1) is 0 Å². The van der Waals surface area contributed by atoms with Gasteiger partial charge in [0.25, 0.3) is 0 Å². The number of rotatable bonds is 17. The molecule has 0 aliphatic rings. The minimum absolute atomic E-state index is 0.323. The lowest BCUT2D eigenvalue weighted by molar-refractivity contribution is -0.137. The van der Waals surface area contributed by atoms with Gasteiger partial charge in [-0.15, -0.1) is 0 Å². The Morgan fingerprint density at radius 2 is 1.23 bits per heavy atom. The quantitative estimate of drug-likeness (QED) is 0.159. The number of nitrogens with one attached hydrogen (secondary N) is 1. The van der Waals surface area contributed by atoms with Gasteiger partial charge in [0.1, 0.15) is 0 Å². The van der Waals surface area contributed by atoms with Gasteiger partial charge in [-0.25, -0.2) is 0 Å². The van der Waals surface area contributed by atoms with Gasteiger partial charge in [0.2, 0.25) is 0 Å². The molecule has 0 saturated carbocycles. The predicted octanol–water partition coefficient (Wildman–Crippen LogP) is 4.55. The monoisotopic (exact) mass is 312 g/mol. The zero-order chi connectivity index (χ0) is 16.3. The molecule has 0 radical (unpaired) electrons. The normalized spacial score (nSPS) is 11.3. The largest absolute Gasteiger partial charge is 0.481 e. The molecule has 0 saturated heterocycles. The van der Waals surface area contributed by atoms with E-state index in [4.69, 9.17) is 10.9 Å². The molecule has 0 unspecified atom stereocenters. The first-order valence-corrected chi connectivity index (χ1v) is 9.07. The zero-order valence-electron chi connectivity index (χ0n) is 14.2. The maximum atomic E-state index is 10.3. The van der Waals surface area contributed by atoms with E-state index in [0.717, 1.165) is 19.4 Å². The average Bonchev–Trinajstić information content (AvgIpc) is 2.50. The maximum absolute atomic E-state index is 10.3. The van der Waals surface area contributed by atoms with Crippen molar-refractivity contribution in [2.45, 2.75) is 89.9 Å². The molecule has 0 aliphatic carbocycles. The number of unbranched alkanes of at least 4 members (excludes halogenated alkanes) is 11. The van der Waals surface area contributed by atoms with Crippen LogP contribution in [0.4, 0.5) is 0 Å². The highest BCUT2D eigenvalue weighted by atomic mass is 16.4. The van der Waals surface area contributed by atoms with Gasteiger partial charge in [-0.3, -0.25) is 16.1 Å². The van der Waals surface area contributed by atoms with Crippen LogP contribution in [0.5, 0.6) is 0 Å². The number of allylic oxidation sites excluding steroid dienone is 2. The van der Waals surface area contributed by atoms with Crippen LogP contribution in [0, 0.1) is 0 Å². The molecule has 4 nitrogen and oxygen atoms in total. The zero-order valence-corrected chi connectivity index (χ0v) is 14.2. The van der Waals surface area contributed by atoms with Crippen LogP contribution in [0.3, 0.4) is 0 Å². The molecule has 0 bridgehead atoms. The van der Waals surface area contributed by atoms with Crippen LogP contribution >= 0.6 is 0 Å². The lowest BCUT2D eigenvalue weighted by Crippen LogP contribution is -2.22. The summed E-state index contributed by atoms with van der Waals surface area (Å²) in [5, 5.41) is 8.52. The molecule has 0 heterocycles. The summed E-state index contributed by atoms with van der Waals surface area (Å²) < 4.78 is 0. The van der Waals surface area contributed by atoms with E-state index in [1.54, 1.807) is 0 Å². The summed E-state index contributed by atoms with van der Waals surface area (Å²) >= 11 is 0. The molecule has 0 aromatic carbocycles. The van der Waals surface area contributed by atoms with E-state index in [-0.39, 0.29) is 0 Å². The van der Waals surface area contributed by atoms with E-state index < -0.39 is 5.97 Å². The molecule has 4 heteroatoms. The molecule has 130 valence electrons. The third-order valence-electron chi connectivity index (χ3n) is 3.87. The molecular weight excluding hydrogens is 276 g/mol. The standard InChI is InChI=1S/C18H36N2O2/c19-20-17-15-13-11-9-7-5-3-1-2-4-6-8-10-12-14-16-18(21)22/h1-2,20H,3-17,19H2,(H,21,22)/b2-1-. The van der Waals surface area contributed by atoms with Crippen molar-refractivity contribution in [1.29, 1.82) is 0 Å². The second-order valence-electron chi connectivity index (χ2n) is 6.04. The van der Waals surface area contributed by atoms with Crippen molar-refractivity contribution in [3.63, 3.8) is 0 Å². The summed E-state index contributed by atoms with van der Waals surface area (Å²) in [6.07, 6.45) is 20.6. The van der Waals surface area contributed by atoms with Gasteiger partial charge < -0.3 is 5.11 Å². The van der Waals surface area contributed by atoms with Crippen molar-refractivity contribution in [1.82, 2.24) is 5.43 Å². The van der Waals surface area contributed by atoms with Gasteiger partial charge in [-0.05, 0) is 38.5 Å². The predicted molar refractivity (Wildman–Crippen MR) is 93.6 cm³/mol. The minimum Gasteiger partial charge on any atom is -0.481 e. The summed E-state index contributed by atoms with van der Waals surface area (Å²) in [5.74, 6) is 4.55. The van der Waals surface area contributed by atoms with Crippen molar-refractivity contribution in [2.24, 2.45) is 5.84 Å². The van der Waals surface area contributed by atoms with Crippen LogP contribution in [0.15, 0.2) is 12.2 Å². The number of carboxylic acid groups (broad SMARTS) is 1. The number of aliphatic carboxylic acids is 1. The van der Waals surface area contributed by atoms with E-state index >= 15 is 0 Å². The second kappa shape index (κ2) is 18.2. The smallest absolute Gasteiger partial charge is 0.303 e. The molecule has 0 amide bonds. The molecule has 0 rings (SSSR count). The van der Waals surface area contributed by atoms with Crippen molar-refractivity contribution >= 4 is 5.97 Å². The summed E-state index contributed by atoms with van der Waals surface area (Å²) in [7, 11) is 0. The second-order valence-corrected chi connectivity index (χ2v) is 6.04.